The lowest BCUT2D eigenvalue weighted by Gasteiger charge is -2.11. The van der Waals surface area contributed by atoms with E-state index in [0.717, 1.165) is 103 Å². The number of nitro groups is 3. The van der Waals surface area contributed by atoms with Gasteiger partial charge < -0.3 is 58.8 Å². The van der Waals surface area contributed by atoms with Crippen molar-refractivity contribution in [1.29, 1.82) is 0 Å². The molecule has 5 aromatic heterocycles. The zero-order valence-corrected chi connectivity index (χ0v) is 74.2. The fourth-order valence-electron chi connectivity index (χ4n) is 11.6. The van der Waals surface area contributed by atoms with Crippen LogP contribution in [0.3, 0.4) is 0 Å². The minimum absolute atomic E-state index is 0.357. The number of nitrogens with zero attached hydrogens (tertiary/aromatic N) is 12. The standard InChI is InChI=1S/4C17H16N2O3.C10H11BrO3.C7H6N2.3CH3NO2.2CH5N/c2*1-21-16-9-12(17(20)22-2)7-8-14(16)11-19-10-13-5-3-4-6-15(13)18-19;2*1-21-16-9-12(17(20)22-2)7-8-14(16)11-19-15-6-4-3-5-13(15)10-18-19;1-13-9-5-7(10(12)14-2)3-4-8(9)6-11;1-2-4-7-6(3-1)5-8-9-7;3*1-2(3)4;2*1-2/h4*3-10H,11H2,1-2H3;3-5H,6H2,1-2H3;1-5H,(H,8,9);3*1H3;2*2H2,1H3. The molecule has 0 unspecified atom stereocenters. The van der Waals surface area contributed by atoms with Crippen LogP contribution in [0.25, 0.3) is 54.5 Å². The highest BCUT2D eigenvalue weighted by molar-refractivity contribution is 9.08. The van der Waals surface area contributed by atoms with Gasteiger partial charge in [-0.15, -0.1) is 0 Å². The summed E-state index contributed by atoms with van der Waals surface area (Å²) in [6, 6.07) is 66.3. The maximum absolute atomic E-state index is 11.6. The van der Waals surface area contributed by atoms with Crippen LogP contribution in [0.5, 0.6) is 28.7 Å². The number of nitrogens with two attached hydrogens (primary N) is 2. The normalized spacial score (nSPS) is 9.84. The lowest BCUT2D eigenvalue weighted by Crippen LogP contribution is -2.06. The number of methoxy groups -OCH3 is 10. The summed E-state index contributed by atoms with van der Waals surface area (Å²) in [7, 11) is 20.4. The number of benzene rings is 10. The van der Waals surface area contributed by atoms with Crippen molar-refractivity contribution in [3.05, 3.63) is 329 Å². The van der Waals surface area contributed by atoms with Gasteiger partial charge in [-0.05, 0) is 105 Å². The highest BCUT2D eigenvalue weighted by Crippen LogP contribution is 2.29. The van der Waals surface area contributed by atoms with E-state index in [4.69, 9.17) is 73.0 Å². The van der Waals surface area contributed by atoms with Gasteiger partial charge >= 0.3 is 29.8 Å². The van der Waals surface area contributed by atoms with Crippen LogP contribution in [0, 0.1) is 30.3 Å². The fourth-order valence-corrected chi connectivity index (χ4v) is 12.1. The predicted octanol–water partition coefficient (Wildman–Crippen LogP) is 14.3. The lowest BCUT2D eigenvalue weighted by molar-refractivity contribution is -0.445. The van der Waals surface area contributed by atoms with Crippen LogP contribution in [0.4, 0.5) is 0 Å². The third kappa shape index (κ3) is 31.7. The number of para-hydroxylation sites is 3. The maximum Gasteiger partial charge on any atom is 0.337 e. The number of alkyl halides is 1. The molecular weight excluding hydrogens is 1710 g/mol. The number of carbonyl (C=O) groups excluding carboxylic acids is 5. The number of rotatable bonds is 19. The number of aromatic nitrogens is 10. The first kappa shape index (κ1) is 102. The quantitative estimate of drug-likeness (QED) is 0.0222. The second kappa shape index (κ2) is 54.1. The smallest absolute Gasteiger partial charge is 0.337 e. The Morgan fingerprint density at radius 2 is 0.614 bits per heavy atom. The first-order valence-electron chi connectivity index (χ1n) is 38.0. The molecular formula is C90H100BrN15O21. The summed E-state index contributed by atoms with van der Waals surface area (Å²) in [6.07, 6.45) is 9.47. The van der Waals surface area contributed by atoms with E-state index in [9.17, 15) is 24.0 Å². The molecule has 127 heavy (non-hydrogen) atoms. The lowest BCUT2D eigenvalue weighted by atomic mass is 10.1. The van der Waals surface area contributed by atoms with Crippen molar-refractivity contribution in [2.45, 2.75) is 31.5 Å². The van der Waals surface area contributed by atoms with Crippen LogP contribution in [0.1, 0.15) is 79.6 Å². The predicted molar refractivity (Wildman–Crippen MR) is 485 cm³/mol. The van der Waals surface area contributed by atoms with E-state index >= 15 is 0 Å². The van der Waals surface area contributed by atoms with Crippen LogP contribution in [0.15, 0.2) is 243 Å². The molecule has 37 heteroatoms. The number of fused-ring (bicyclic) bond motifs is 5. The molecule has 0 atom stereocenters. The summed E-state index contributed by atoms with van der Waals surface area (Å²) in [5.74, 6) is 1.37. The summed E-state index contributed by atoms with van der Waals surface area (Å²) < 4.78 is 57.7. The number of H-pyrrole nitrogens is 1. The number of aromatic amines is 1. The third-order valence-corrected chi connectivity index (χ3v) is 18.0. The van der Waals surface area contributed by atoms with Crippen molar-refractivity contribution < 1.29 is 86.1 Å². The number of esters is 5. The Kier molecular flexibility index (Phi) is 43.5. The third-order valence-electron chi connectivity index (χ3n) is 17.4. The fraction of sp³-hybridized carbons (Fsp3) is 0.222. The molecule has 15 aromatic rings. The van der Waals surface area contributed by atoms with Gasteiger partial charge in [0.05, 0.1) is 171 Å². The zero-order chi connectivity index (χ0) is 93.5. The molecule has 0 saturated heterocycles. The largest absolute Gasteiger partial charge is 0.496 e. The Balaban J connectivity index is 0.000000265. The second-order valence-electron chi connectivity index (χ2n) is 25.5. The van der Waals surface area contributed by atoms with Gasteiger partial charge in [-0.3, -0.25) is 54.2 Å². The molecule has 5 N–H and O–H groups in total. The van der Waals surface area contributed by atoms with Crippen molar-refractivity contribution in [3.63, 3.8) is 0 Å². The van der Waals surface area contributed by atoms with Crippen LogP contribution in [0.2, 0.25) is 0 Å². The summed E-state index contributed by atoms with van der Waals surface area (Å²) in [5, 5.41) is 57.3. The Labute approximate surface area is 739 Å². The molecule has 0 aliphatic carbocycles. The average molecular weight is 1810 g/mol. The van der Waals surface area contributed by atoms with Crippen LogP contribution in [-0.4, -0.2) is 200 Å². The first-order valence-corrected chi connectivity index (χ1v) is 39.1. The van der Waals surface area contributed by atoms with Crippen molar-refractivity contribution in [3.8, 4) is 28.7 Å². The van der Waals surface area contributed by atoms with Gasteiger partial charge in [-0.2, -0.15) is 25.5 Å². The van der Waals surface area contributed by atoms with E-state index < -0.39 is 14.8 Å². The Morgan fingerprint density at radius 3 is 0.898 bits per heavy atom. The summed E-state index contributed by atoms with van der Waals surface area (Å²) in [5.41, 5.74) is 21.3. The van der Waals surface area contributed by atoms with Crippen LogP contribution in [-0.2, 0) is 55.2 Å². The molecule has 0 bridgehead atoms. The van der Waals surface area contributed by atoms with Gasteiger partial charge in [-0.25, -0.2) is 24.0 Å². The van der Waals surface area contributed by atoms with Gasteiger partial charge in [0.15, 0.2) is 21.1 Å². The summed E-state index contributed by atoms with van der Waals surface area (Å²) in [4.78, 5) is 82.4. The van der Waals surface area contributed by atoms with Gasteiger partial charge in [0.1, 0.15) is 28.7 Å². The van der Waals surface area contributed by atoms with E-state index in [1.165, 1.54) is 49.6 Å². The number of nitrogens with one attached hydrogen (secondary N) is 1. The molecule has 0 amide bonds. The van der Waals surface area contributed by atoms with Crippen LogP contribution >= 0.6 is 15.9 Å². The Hall–Kier alpha value is -15.5. The number of ether oxygens (including phenoxy) is 10. The molecule has 36 nitrogen and oxygen atoms in total. The van der Waals surface area contributed by atoms with Crippen molar-refractivity contribution in [1.82, 2.24) is 49.3 Å². The van der Waals surface area contributed by atoms with Gasteiger partial charge in [-0.1, -0.05) is 137 Å². The number of hydrogen-bond donors (Lipinski definition) is 3. The van der Waals surface area contributed by atoms with Gasteiger partial charge in [0.2, 0.25) is 0 Å². The first-order chi connectivity index (χ1) is 61.2. The van der Waals surface area contributed by atoms with E-state index in [1.54, 1.807) is 96.2 Å². The molecule has 10 aromatic carbocycles. The molecule has 5 heterocycles. The topological polar surface area (TPSA) is 459 Å². The zero-order valence-electron chi connectivity index (χ0n) is 72.6. The van der Waals surface area contributed by atoms with Gasteiger partial charge in [0.25, 0.3) is 0 Å². The number of halogens is 1. The highest BCUT2D eigenvalue weighted by atomic mass is 79.9. The molecule has 0 radical (unpaired) electrons. The molecule has 0 aliphatic heterocycles. The van der Waals surface area contributed by atoms with E-state index in [1.807, 2.05) is 201 Å². The highest BCUT2D eigenvalue weighted by Gasteiger charge is 2.18. The minimum atomic E-state index is -0.500. The molecule has 0 spiro atoms. The SMILES string of the molecule is CN.CN.COC(=O)c1ccc(CBr)c(OC)c1.COC(=O)c1ccc(Cn2cc3ccccc3n2)c(OC)c1.COC(=O)c1ccc(Cn2cc3ccccc3n2)c(OC)c1.COC(=O)c1ccc(Cn2ncc3ccccc32)c(OC)c1.COC(=O)c1ccc(Cn2ncc3ccccc32)c(OC)c1.C[N+](=O)[O-].C[N+](=O)[O-].C[N+](=O)[O-].c1ccc2[nH]ncc2c1. The summed E-state index contributed by atoms with van der Waals surface area (Å²) in [6.45, 7) is 2.27. The monoisotopic (exact) mass is 1810 g/mol. The Bertz CT molecular complexity index is 5640. The van der Waals surface area contributed by atoms with E-state index in [2.05, 4.69) is 62.7 Å². The minimum Gasteiger partial charge on any atom is -0.496 e. The van der Waals surface area contributed by atoms with Gasteiger partial charge in [0, 0.05) is 87.2 Å². The maximum atomic E-state index is 11.6. The number of hydrogen-bond acceptors (Lipinski definition) is 28. The van der Waals surface area contributed by atoms with E-state index in [-0.39, 0.29) is 29.8 Å². The molecule has 0 fully saturated rings. The van der Waals surface area contributed by atoms with Crippen molar-refractivity contribution in [2.75, 3.05) is 106 Å². The Morgan fingerprint density at radius 1 is 0.354 bits per heavy atom. The molecule has 0 saturated carbocycles. The molecule has 0 aliphatic rings. The van der Waals surface area contributed by atoms with Crippen molar-refractivity contribution in [2.24, 2.45) is 11.5 Å². The molecule has 15 rings (SSSR count). The number of carbonyl (C=O) groups is 5. The van der Waals surface area contributed by atoms with Crippen LogP contribution < -0.4 is 35.2 Å². The average Bonchev–Trinajstić information content (AvgIpc) is 1.71. The summed E-state index contributed by atoms with van der Waals surface area (Å²) >= 11 is 3.33. The molecule has 668 valence electrons. The van der Waals surface area contributed by atoms with Crippen molar-refractivity contribution >= 4 is 100 Å². The second-order valence-corrected chi connectivity index (χ2v) is 26.1. The van der Waals surface area contributed by atoms with E-state index in [0.29, 0.717) is 88.1 Å².